The van der Waals surface area contributed by atoms with Gasteiger partial charge in [0, 0.05) is 0 Å². The first-order chi connectivity index (χ1) is 6.22. The van der Waals surface area contributed by atoms with E-state index >= 15 is 0 Å². The smallest absolute Gasteiger partial charge is 0.139 e. The van der Waals surface area contributed by atoms with Crippen LogP contribution in [0, 0.1) is 6.92 Å². The van der Waals surface area contributed by atoms with Gasteiger partial charge in [0.1, 0.15) is 5.75 Å². The van der Waals surface area contributed by atoms with Gasteiger partial charge in [-0.1, -0.05) is 12.1 Å². The van der Waals surface area contributed by atoms with Crippen LogP contribution in [0.25, 0.3) is 10.1 Å². The van der Waals surface area contributed by atoms with Crippen molar-refractivity contribution in [2.24, 2.45) is 0 Å². The van der Waals surface area contributed by atoms with Crippen molar-refractivity contribution in [3.8, 4) is 5.75 Å². The molecule has 0 saturated heterocycles. The van der Waals surface area contributed by atoms with Gasteiger partial charge in [0.2, 0.25) is 0 Å². The number of benzene rings is 1. The monoisotopic (exact) mass is 210 g/mol. The normalized spacial score (nSPS) is 10.7. The van der Waals surface area contributed by atoms with E-state index in [1.54, 1.807) is 18.4 Å². The number of hydrogen-bond donors (Lipinski definition) is 1. The highest BCUT2D eigenvalue weighted by atomic mass is 32.2. The molecule has 2 aromatic rings. The lowest BCUT2D eigenvalue weighted by molar-refractivity contribution is 0.417. The molecule has 1 nitrogen and oxygen atoms in total. The molecule has 0 spiro atoms. The van der Waals surface area contributed by atoms with Crippen LogP contribution in [0.4, 0.5) is 0 Å². The molecule has 0 amide bonds. The van der Waals surface area contributed by atoms with Crippen molar-refractivity contribution in [1.29, 1.82) is 0 Å². The highest BCUT2D eigenvalue weighted by Gasteiger charge is 2.07. The fraction of sp³-hybridized carbons (Fsp3) is 0.200. The van der Waals surface area contributed by atoms with E-state index in [0.717, 1.165) is 9.96 Å². The van der Waals surface area contributed by atoms with Crippen LogP contribution in [0.1, 0.15) is 5.56 Å². The van der Waals surface area contributed by atoms with Crippen molar-refractivity contribution in [2.75, 3.05) is 7.11 Å². The van der Waals surface area contributed by atoms with E-state index in [4.69, 9.17) is 4.74 Å². The molecule has 2 rings (SSSR count). The summed E-state index contributed by atoms with van der Waals surface area (Å²) in [6.45, 7) is 2.05. The average molecular weight is 210 g/mol. The number of fused-ring (bicyclic) bond motifs is 1. The number of methoxy groups -OCH3 is 1. The second-order valence-electron chi connectivity index (χ2n) is 2.92. The molecule has 0 aliphatic heterocycles. The predicted molar refractivity (Wildman–Crippen MR) is 60.4 cm³/mol. The number of thiol groups is 1. The first kappa shape index (κ1) is 8.91. The third-order valence-electron chi connectivity index (χ3n) is 2.03. The minimum absolute atomic E-state index is 0.975. The standard InChI is InChI=1S/C10H10OS2/c1-6-3-4-7-5-8(12)13-10(7)9(6)11-2/h3-5,12H,1-2H3. The van der Waals surface area contributed by atoms with Crippen molar-refractivity contribution in [3.05, 3.63) is 23.8 Å². The maximum atomic E-state index is 5.35. The van der Waals surface area contributed by atoms with Crippen LogP contribution in [-0.4, -0.2) is 7.11 Å². The Bertz CT molecular complexity index is 445. The Morgan fingerprint density at radius 3 is 2.85 bits per heavy atom. The third kappa shape index (κ3) is 1.42. The largest absolute Gasteiger partial charge is 0.495 e. The number of thiophene rings is 1. The highest BCUT2D eigenvalue weighted by molar-refractivity contribution is 7.83. The number of aryl methyl sites for hydroxylation is 1. The van der Waals surface area contributed by atoms with Crippen molar-refractivity contribution in [1.82, 2.24) is 0 Å². The molecule has 0 bridgehead atoms. The zero-order valence-electron chi connectivity index (χ0n) is 7.50. The Morgan fingerprint density at radius 1 is 1.38 bits per heavy atom. The SMILES string of the molecule is COc1c(C)ccc2cc(S)sc12. The van der Waals surface area contributed by atoms with Crippen LogP contribution in [0.5, 0.6) is 5.75 Å². The van der Waals surface area contributed by atoms with Gasteiger partial charge in [-0.05, 0) is 23.9 Å². The minimum Gasteiger partial charge on any atom is -0.495 e. The second-order valence-corrected chi connectivity index (χ2v) is 4.76. The van der Waals surface area contributed by atoms with Gasteiger partial charge >= 0.3 is 0 Å². The summed E-state index contributed by atoms with van der Waals surface area (Å²) >= 11 is 5.98. The van der Waals surface area contributed by atoms with Gasteiger partial charge in [0.05, 0.1) is 16.0 Å². The lowest BCUT2D eigenvalue weighted by Crippen LogP contribution is -1.85. The molecule has 68 valence electrons. The molecule has 0 saturated carbocycles. The summed E-state index contributed by atoms with van der Waals surface area (Å²) in [5, 5.41) is 1.21. The fourth-order valence-electron chi connectivity index (χ4n) is 1.42. The summed E-state index contributed by atoms with van der Waals surface area (Å²) in [6, 6.07) is 6.23. The molecule has 0 fully saturated rings. The van der Waals surface area contributed by atoms with E-state index in [0.29, 0.717) is 0 Å². The molecule has 0 unspecified atom stereocenters. The Hall–Kier alpha value is -0.670. The summed E-state index contributed by atoms with van der Waals surface area (Å²) < 4.78 is 7.56. The van der Waals surface area contributed by atoms with Crippen molar-refractivity contribution in [2.45, 2.75) is 11.1 Å². The first-order valence-electron chi connectivity index (χ1n) is 3.98. The molecule has 1 aromatic carbocycles. The molecule has 3 heteroatoms. The van der Waals surface area contributed by atoms with E-state index in [-0.39, 0.29) is 0 Å². The van der Waals surface area contributed by atoms with E-state index in [1.165, 1.54) is 15.6 Å². The summed E-state index contributed by atoms with van der Waals surface area (Å²) in [5.41, 5.74) is 1.17. The van der Waals surface area contributed by atoms with Gasteiger partial charge in [-0.15, -0.1) is 24.0 Å². The van der Waals surface area contributed by atoms with E-state index in [2.05, 4.69) is 37.8 Å². The molecule has 0 aliphatic carbocycles. The molecule has 13 heavy (non-hydrogen) atoms. The van der Waals surface area contributed by atoms with E-state index in [1.807, 2.05) is 0 Å². The van der Waals surface area contributed by atoms with Gasteiger partial charge in [-0.25, -0.2) is 0 Å². The fourth-order valence-corrected chi connectivity index (χ4v) is 2.81. The zero-order chi connectivity index (χ0) is 9.42. The van der Waals surface area contributed by atoms with Crippen LogP contribution in [-0.2, 0) is 0 Å². The van der Waals surface area contributed by atoms with Crippen LogP contribution in [0.3, 0.4) is 0 Å². The zero-order valence-corrected chi connectivity index (χ0v) is 9.21. The lowest BCUT2D eigenvalue weighted by Gasteiger charge is -2.04. The molecule has 0 N–H and O–H groups in total. The lowest BCUT2D eigenvalue weighted by atomic mass is 10.2. The van der Waals surface area contributed by atoms with E-state index < -0.39 is 0 Å². The van der Waals surface area contributed by atoms with Gasteiger partial charge in [0.25, 0.3) is 0 Å². The van der Waals surface area contributed by atoms with E-state index in [9.17, 15) is 0 Å². The summed E-state index contributed by atoms with van der Waals surface area (Å²) in [7, 11) is 1.71. The molecule has 0 atom stereocenters. The molecule has 1 aromatic heterocycles. The predicted octanol–water partition coefficient (Wildman–Crippen LogP) is 3.51. The Morgan fingerprint density at radius 2 is 2.15 bits per heavy atom. The molecule has 1 heterocycles. The van der Waals surface area contributed by atoms with Crippen LogP contribution >= 0.6 is 24.0 Å². The molecular formula is C10H10OS2. The van der Waals surface area contributed by atoms with Crippen LogP contribution in [0.2, 0.25) is 0 Å². The van der Waals surface area contributed by atoms with Crippen molar-refractivity contribution >= 4 is 34.1 Å². The number of ether oxygens (including phenoxy) is 1. The van der Waals surface area contributed by atoms with Gasteiger partial charge in [0.15, 0.2) is 0 Å². The summed E-state index contributed by atoms with van der Waals surface area (Å²) in [4.78, 5) is 0. The third-order valence-corrected chi connectivity index (χ3v) is 3.38. The number of rotatable bonds is 1. The molecule has 0 radical (unpaired) electrons. The average Bonchev–Trinajstić information content (AvgIpc) is 2.45. The summed E-state index contributed by atoms with van der Waals surface area (Å²) in [5.74, 6) is 0.975. The van der Waals surface area contributed by atoms with Gasteiger partial charge in [-0.2, -0.15) is 0 Å². The highest BCUT2D eigenvalue weighted by Crippen LogP contribution is 2.37. The Labute approximate surface area is 86.8 Å². The van der Waals surface area contributed by atoms with Crippen molar-refractivity contribution < 1.29 is 4.74 Å². The Balaban J connectivity index is 2.82. The molecular weight excluding hydrogens is 200 g/mol. The van der Waals surface area contributed by atoms with Crippen molar-refractivity contribution in [3.63, 3.8) is 0 Å². The second kappa shape index (κ2) is 3.24. The maximum Gasteiger partial charge on any atom is 0.139 e. The summed E-state index contributed by atoms with van der Waals surface area (Å²) in [6.07, 6.45) is 0. The van der Waals surface area contributed by atoms with Crippen LogP contribution in [0.15, 0.2) is 22.4 Å². The van der Waals surface area contributed by atoms with Crippen LogP contribution < -0.4 is 4.74 Å². The topological polar surface area (TPSA) is 9.23 Å². The Kier molecular flexibility index (Phi) is 2.22. The van der Waals surface area contributed by atoms with Gasteiger partial charge < -0.3 is 4.74 Å². The molecule has 0 aliphatic rings. The van der Waals surface area contributed by atoms with Gasteiger partial charge in [-0.3, -0.25) is 0 Å². The first-order valence-corrected chi connectivity index (χ1v) is 5.25. The maximum absolute atomic E-state index is 5.35. The quantitative estimate of drug-likeness (QED) is 0.709. The minimum atomic E-state index is 0.975. The number of hydrogen-bond acceptors (Lipinski definition) is 3.